The second-order valence-corrected chi connectivity index (χ2v) is 7.14. The molecule has 3 heterocycles. The van der Waals surface area contributed by atoms with Crippen LogP contribution in [-0.2, 0) is 9.59 Å². The molecule has 3 fully saturated rings. The van der Waals surface area contributed by atoms with E-state index in [0.29, 0.717) is 11.9 Å². The Morgan fingerprint density at radius 2 is 1.57 bits per heavy atom. The number of piperidine rings is 2. The normalized spacial score (nSPS) is 27.4. The van der Waals surface area contributed by atoms with E-state index in [0.717, 1.165) is 77.8 Å². The van der Waals surface area contributed by atoms with Gasteiger partial charge in [0.1, 0.15) is 6.61 Å². The number of hydrogen-bond acceptors (Lipinski definition) is 4. The van der Waals surface area contributed by atoms with E-state index >= 15 is 0 Å². The number of nitrogens with zero attached hydrogens (tertiary/aromatic N) is 3. The predicted octanol–water partition coefficient (Wildman–Crippen LogP) is 0.304. The van der Waals surface area contributed by atoms with Gasteiger partial charge in [0.2, 0.25) is 11.8 Å². The lowest BCUT2D eigenvalue weighted by molar-refractivity contribution is -0.137. The molecule has 0 aromatic carbocycles. The Balaban J connectivity index is 1.51. The van der Waals surface area contributed by atoms with Gasteiger partial charge in [0.05, 0.1) is 5.92 Å². The van der Waals surface area contributed by atoms with Gasteiger partial charge in [0.25, 0.3) is 0 Å². The zero-order valence-corrected chi connectivity index (χ0v) is 14.0. The van der Waals surface area contributed by atoms with Gasteiger partial charge in [-0.25, -0.2) is 0 Å². The molecule has 0 aromatic rings. The second kappa shape index (κ2) is 7.62. The molecule has 6 heteroatoms. The van der Waals surface area contributed by atoms with Gasteiger partial charge in [0, 0.05) is 38.8 Å². The SMILES string of the molecule is O=C(CO)N1CCC(N2CCCC(C(=O)N3CCCC3)C2)CC1. The van der Waals surface area contributed by atoms with E-state index in [1.807, 2.05) is 0 Å². The second-order valence-electron chi connectivity index (χ2n) is 7.14. The maximum absolute atomic E-state index is 12.6. The predicted molar refractivity (Wildman–Crippen MR) is 86.8 cm³/mol. The monoisotopic (exact) mass is 323 g/mol. The summed E-state index contributed by atoms with van der Waals surface area (Å²) in [6.45, 7) is 4.90. The van der Waals surface area contributed by atoms with Gasteiger partial charge in [-0.15, -0.1) is 0 Å². The largest absolute Gasteiger partial charge is 0.387 e. The van der Waals surface area contributed by atoms with E-state index in [2.05, 4.69) is 9.80 Å². The van der Waals surface area contributed by atoms with Crippen molar-refractivity contribution in [1.29, 1.82) is 0 Å². The van der Waals surface area contributed by atoms with Crippen molar-refractivity contribution in [3.05, 3.63) is 0 Å². The first-order valence-corrected chi connectivity index (χ1v) is 9.10. The molecule has 0 aromatic heterocycles. The summed E-state index contributed by atoms with van der Waals surface area (Å²) in [5.74, 6) is 0.364. The van der Waals surface area contributed by atoms with E-state index in [9.17, 15) is 9.59 Å². The van der Waals surface area contributed by atoms with Crippen LogP contribution in [0.3, 0.4) is 0 Å². The number of rotatable bonds is 3. The Hall–Kier alpha value is -1.14. The van der Waals surface area contributed by atoms with Crippen LogP contribution < -0.4 is 0 Å². The van der Waals surface area contributed by atoms with Crippen molar-refractivity contribution in [2.45, 2.75) is 44.6 Å². The zero-order chi connectivity index (χ0) is 16.2. The summed E-state index contributed by atoms with van der Waals surface area (Å²) < 4.78 is 0. The van der Waals surface area contributed by atoms with Gasteiger partial charge < -0.3 is 14.9 Å². The third-order valence-corrected chi connectivity index (χ3v) is 5.69. The van der Waals surface area contributed by atoms with Crippen LogP contribution in [-0.4, -0.2) is 83.5 Å². The fourth-order valence-corrected chi connectivity index (χ4v) is 4.32. The number of likely N-dealkylation sites (tertiary alicyclic amines) is 3. The molecule has 1 atom stereocenters. The Morgan fingerprint density at radius 1 is 0.870 bits per heavy atom. The standard InChI is InChI=1S/C17H29N3O3/c21-13-16(22)18-10-5-15(6-11-18)20-9-3-4-14(12-20)17(23)19-7-1-2-8-19/h14-15,21H,1-13H2. The first-order chi connectivity index (χ1) is 11.2. The van der Waals surface area contributed by atoms with Crippen molar-refractivity contribution in [3.8, 4) is 0 Å². The Bertz CT molecular complexity index is 429. The summed E-state index contributed by atoms with van der Waals surface area (Å²) in [6, 6.07) is 0.479. The lowest BCUT2D eigenvalue weighted by Crippen LogP contribution is -2.52. The highest BCUT2D eigenvalue weighted by Crippen LogP contribution is 2.26. The number of aliphatic hydroxyl groups excluding tert-OH is 1. The minimum atomic E-state index is -0.388. The van der Waals surface area contributed by atoms with Crippen molar-refractivity contribution in [2.75, 3.05) is 45.9 Å². The van der Waals surface area contributed by atoms with E-state index in [1.165, 1.54) is 0 Å². The highest BCUT2D eigenvalue weighted by atomic mass is 16.3. The third kappa shape index (κ3) is 3.86. The average Bonchev–Trinajstić information content (AvgIpc) is 3.15. The van der Waals surface area contributed by atoms with Crippen molar-refractivity contribution in [3.63, 3.8) is 0 Å². The van der Waals surface area contributed by atoms with Crippen LogP contribution in [0.1, 0.15) is 38.5 Å². The molecular weight excluding hydrogens is 294 g/mol. The van der Waals surface area contributed by atoms with E-state index in [1.54, 1.807) is 4.90 Å². The van der Waals surface area contributed by atoms with Crippen LogP contribution in [0.25, 0.3) is 0 Å². The molecule has 0 saturated carbocycles. The summed E-state index contributed by atoms with van der Waals surface area (Å²) >= 11 is 0. The molecule has 3 aliphatic heterocycles. The molecule has 1 unspecified atom stereocenters. The summed E-state index contributed by atoms with van der Waals surface area (Å²) in [6.07, 6.45) is 6.33. The number of carbonyl (C=O) groups excluding carboxylic acids is 2. The lowest BCUT2D eigenvalue weighted by Gasteiger charge is -2.42. The van der Waals surface area contributed by atoms with E-state index < -0.39 is 0 Å². The van der Waals surface area contributed by atoms with Gasteiger partial charge >= 0.3 is 0 Å². The molecule has 2 amide bonds. The molecule has 0 bridgehead atoms. The molecule has 0 spiro atoms. The fourth-order valence-electron chi connectivity index (χ4n) is 4.32. The van der Waals surface area contributed by atoms with Crippen LogP contribution in [0, 0.1) is 5.92 Å². The summed E-state index contributed by atoms with van der Waals surface area (Å²) in [7, 11) is 0. The Labute approximate surface area is 138 Å². The molecule has 3 aliphatic rings. The minimum absolute atomic E-state index is 0.163. The van der Waals surface area contributed by atoms with Crippen molar-refractivity contribution in [2.24, 2.45) is 5.92 Å². The first kappa shape index (κ1) is 16.7. The number of aliphatic hydroxyl groups is 1. The minimum Gasteiger partial charge on any atom is -0.387 e. The van der Waals surface area contributed by atoms with Crippen LogP contribution >= 0.6 is 0 Å². The van der Waals surface area contributed by atoms with Gasteiger partial charge in [-0.2, -0.15) is 0 Å². The smallest absolute Gasteiger partial charge is 0.248 e. The fraction of sp³-hybridized carbons (Fsp3) is 0.882. The van der Waals surface area contributed by atoms with E-state index in [4.69, 9.17) is 5.11 Å². The average molecular weight is 323 g/mol. The number of carbonyl (C=O) groups is 2. The molecule has 23 heavy (non-hydrogen) atoms. The highest BCUT2D eigenvalue weighted by Gasteiger charge is 2.34. The van der Waals surface area contributed by atoms with Gasteiger partial charge in [0.15, 0.2) is 0 Å². The zero-order valence-electron chi connectivity index (χ0n) is 14.0. The Morgan fingerprint density at radius 3 is 2.22 bits per heavy atom. The van der Waals surface area contributed by atoms with Gasteiger partial charge in [-0.05, 0) is 45.1 Å². The number of hydrogen-bond donors (Lipinski definition) is 1. The molecule has 3 rings (SSSR count). The number of amides is 2. The molecule has 130 valence electrons. The summed E-state index contributed by atoms with van der Waals surface area (Å²) in [4.78, 5) is 30.5. The van der Waals surface area contributed by atoms with Gasteiger partial charge in [-0.1, -0.05) is 0 Å². The molecular formula is C17H29N3O3. The molecule has 1 N–H and O–H groups in total. The molecule has 0 radical (unpaired) electrons. The molecule has 3 saturated heterocycles. The van der Waals surface area contributed by atoms with E-state index in [-0.39, 0.29) is 18.4 Å². The highest BCUT2D eigenvalue weighted by molar-refractivity contribution is 5.79. The summed E-state index contributed by atoms with van der Waals surface area (Å²) in [5.41, 5.74) is 0. The summed E-state index contributed by atoms with van der Waals surface area (Å²) in [5, 5.41) is 8.96. The molecule has 6 nitrogen and oxygen atoms in total. The lowest BCUT2D eigenvalue weighted by atomic mass is 9.93. The quantitative estimate of drug-likeness (QED) is 0.812. The maximum Gasteiger partial charge on any atom is 0.248 e. The first-order valence-electron chi connectivity index (χ1n) is 9.10. The van der Waals surface area contributed by atoms with Gasteiger partial charge in [-0.3, -0.25) is 14.5 Å². The van der Waals surface area contributed by atoms with Crippen LogP contribution in [0.2, 0.25) is 0 Å². The molecule has 0 aliphatic carbocycles. The van der Waals surface area contributed by atoms with Crippen LogP contribution in [0.15, 0.2) is 0 Å². The van der Waals surface area contributed by atoms with Crippen molar-refractivity contribution >= 4 is 11.8 Å². The Kier molecular flexibility index (Phi) is 5.54. The topological polar surface area (TPSA) is 64.1 Å². The van der Waals surface area contributed by atoms with Crippen LogP contribution in [0.5, 0.6) is 0 Å². The van der Waals surface area contributed by atoms with Crippen molar-refractivity contribution < 1.29 is 14.7 Å². The third-order valence-electron chi connectivity index (χ3n) is 5.69. The maximum atomic E-state index is 12.6. The van der Waals surface area contributed by atoms with Crippen molar-refractivity contribution in [1.82, 2.24) is 14.7 Å². The van der Waals surface area contributed by atoms with Crippen LogP contribution in [0.4, 0.5) is 0 Å².